The number of hydrogen-bond donors (Lipinski definition) is 3. The van der Waals surface area contributed by atoms with Gasteiger partial charge in [-0.25, -0.2) is 0 Å². The SMILES string of the molecule is Cc1cc(C)n(O)c(=N)c1NC(C)(C)C. The number of rotatable bonds is 1. The summed E-state index contributed by atoms with van der Waals surface area (Å²) in [6.45, 7) is 9.76. The van der Waals surface area contributed by atoms with E-state index in [1.165, 1.54) is 0 Å². The first-order valence-corrected chi connectivity index (χ1v) is 4.97. The molecular weight excluding hydrogens is 190 g/mol. The molecule has 0 atom stereocenters. The Balaban J connectivity index is 3.31. The average molecular weight is 209 g/mol. The van der Waals surface area contributed by atoms with Crippen molar-refractivity contribution in [1.82, 2.24) is 4.73 Å². The van der Waals surface area contributed by atoms with Gasteiger partial charge in [-0.2, -0.15) is 4.73 Å². The van der Waals surface area contributed by atoms with Gasteiger partial charge >= 0.3 is 0 Å². The fourth-order valence-electron chi connectivity index (χ4n) is 1.45. The first-order chi connectivity index (χ1) is 6.72. The van der Waals surface area contributed by atoms with Crippen molar-refractivity contribution in [3.63, 3.8) is 0 Å². The highest BCUT2D eigenvalue weighted by Gasteiger charge is 2.14. The van der Waals surface area contributed by atoms with Crippen molar-refractivity contribution in [3.8, 4) is 0 Å². The van der Waals surface area contributed by atoms with Crippen molar-refractivity contribution < 1.29 is 5.21 Å². The molecule has 1 aromatic heterocycles. The number of aryl methyl sites for hydroxylation is 2. The lowest BCUT2D eigenvalue weighted by Gasteiger charge is -2.24. The van der Waals surface area contributed by atoms with E-state index in [-0.39, 0.29) is 11.0 Å². The molecule has 1 aromatic rings. The van der Waals surface area contributed by atoms with E-state index in [1.54, 1.807) is 6.92 Å². The maximum atomic E-state index is 9.60. The number of aromatic nitrogens is 1. The number of nitrogens with one attached hydrogen (secondary N) is 2. The molecule has 0 unspecified atom stereocenters. The summed E-state index contributed by atoms with van der Waals surface area (Å²) in [5.74, 6) is 0. The lowest BCUT2D eigenvalue weighted by atomic mass is 10.1. The van der Waals surface area contributed by atoms with Crippen LogP contribution in [0.4, 0.5) is 5.69 Å². The zero-order valence-electron chi connectivity index (χ0n) is 9.97. The van der Waals surface area contributed by atoms with E-state index in [0.717, 1.165) is 10.3 Å². The number of anilines is 1. The molecule has 4 nitrogen and oxygen atoms in total. The van der Waals surface area contributed by atoms with Crippen molar-refractivity contribution in [2.24, 2.45) is 0 Å². The molecule has 0 aliphatic heterocycles. The Hall–Kier alpha value is -1.45. The Kier molecular flexibility index (Phi) is 2.79. The van der Waals surface area contributed by atoms with E-state index < -0.39 is 0 Å². The second kappa shape index (κ2) is 3.61. The van der Waals surface area contributed by atoms with Crippen LogP contribution in [-0.2, 0) is 0 Å². The highest BCUT2D eigenvalue weighted by molar-refractivity contribution is 5.50. The molecule has 4 heteroatoms. The predicted octanol–water partition coefficient (Wildman–Crippen LogP) is 2.03. The van der Waals surface area contributed by atoms with Crippen LogP contribution >= 0.6 is 0 Å². The van der Waals surface area contributed by atoms with E-state index >= 15 is 0 Å². The van der Waals surface area contributed by atoms with Crippen LogP contribution in [0, 0.1) is 19.3 Å². The third-order valence-electron chi connectivity index (χ3n) is 2.10. The van der Waals surface area contributed by atoms with Crippen LogP contribution in [-0.4, -0.2) is 15.5 Å². The molecule has 1 rings (SSSR count). The Morgan fingerprint density at radius 1 is 1.33 bits per heavy atom. The van der Waals surface area contributed by atoms with Gasteiger partial charge in [0.05, 0.1) is 11.4 Å². The van der Waals surface area contributed by atoms with Gasteiger partial charge in [-0.05, 0) is 46.2 Å². The Morgan fingerprint density at radius 3 is 2.33 bits per heavy atom. The van der Waals surface area contributed by atoms with Crippen LogP contribution in [0.15, 0.2) is 6.07 Å². The van der Waals surface area contributed by atoms with Gasteiger partial charge in [0.25, 0.3) is 0 Å². The predicted molar refractivity (Wildman–Crippen MR) is 60.3 cm³/mol. The second-order valence-corrected chi connectivity index (χ2v) is 4.88. The number of hydrogen-bond acceptors (Lipinski definition) is 3. The first kappa shape index (κ1) is 11.6. The summed E-state index contributed by atoms with van der Waals surface area (Å²) >= 11 is 0. The molecule has 0 radical (unpaired) electrons. The lowest BCUT2D eigenvalue weighted by Crippen LogP contribution is -2.33. The molecule has 0 amide bonds. The highest BCUT2D eigenvalue weighted by Crippen LogP contribution is 2.15. The topological polar surface area (TPSA) is 61.0 Å². The molecule has 3 N–H and O–H groups in total. The minimum atomic E-state index is -0.122. The summed E-state index contributed by atoms with van der Waals surface area (Å²) in [6, 6.07) is 1.85. The first-order valence-electron chi connectivity index (χ1n) is 4.97. The van der Waals surface area contributed by atoms with E-state index in [1.807, 2.05) is 33.8 Å². The molecule has 0 bridgehead atoms. The van der Waals surface area contributed by atoms with Gasteiger partial charge in [0.1, 0.15) is 0 Å². The fourth-order valence-corrected chi connectivity index (χ4v) is 1.45. The minimum Gasteiger partial charge on any atom is -0.427 e. The standard InChI is InChI=1S/C11H19N3O/c1-7-6-8(2)14(15)10(12)9(7)13-11(3,4)5/h6,12-13,15H,1-5H3. The van der Waals surface area contributed by atoms with E-state index in [9.17, 15) is 5.21 Å². The van der Waals surface area contributed by atoms with Crippen LogP contribution in [0.2, 0.25) is 0 Å². The van der Waals surface area contributed by atoms with Gasteiger partial charge in [-0.15, -0.1) is 0 Å². The van der Waals surface area contributed by atoms with Gasteiger partial charge in [0.15, 0.2) is 5.49 Å². The molecule has 84 valence electrons. The summed E-state index contributed by atoms with van der Waals surface area (Å²) in [5, 5.41) is 20.6. The maximum Gasteiger partial charge on any atom is 0.184 e. The van der Waals surface area contributed by atoms with Gasteiger partial charge in [0, 0.05) is 5.54 Å². The van der Waals surface area contributed by atoms with Crippen LogP contribution in [0.1, 0.15) is 32.0 Å². The summed E-state index contributed by atoms with van der Waals surface area (Å²) in [6.07, 6.45) is 0. The molecule has 0 fully saturated rings. The summed E-state index contributed by atoms with van der Waals surface area (Å²) in [5.41, 5.74) is 2.29. The normalized spacial score (nSPS) is 11.5. The van der Waals surface area contributed by atoms with E-state index in [4.69, 9.17) is 5.41 Å². The van der Waals surface area contributed by atoms with Crippen LogP contribution in [0.3, 0.4) is 0 Å². The van der Waals surface area contributed by atoms with Gasteiger partial charge < -0.3 is 10.5 Å². The van der Waals surface area contributed by atoms with Gasteiger partial charge in [-0.3, -0.25) is 5.41 Å². The van der Waals surface area contributed by atoms with E-state index in [0.29, 0.717) is 11.4 Å². The summed E-state index contributed by atoms with van der Waals surface area (Å²) < 4.78 is 0.890. The van der Waals surface area contributed by atoms with Crippen LogP contribution < -0.4 is 10.8 Å². The minimum absolute atomic E-state index is 0.0995. The molecule has 0 spiro atoms. The fraction of sp³-hybridized carbons (Fsp3) is 0.545. The van der Waals surface area contributed by atoms with Crippen molar-refractivity contribution in [1.29, 1.82) is 5.41 Å². The van der Waals surface area contributed by atoms with Gasteiger partial charge in [-0.1, -0.05) is 0 Å². The molecular formula is C11H19N3O. The summed E-state index contributed by atoms with van der Waals surface area (Å²) in [7, 11) is 0. The van der Waals surface area contributed by atoms with Crippen LogP contribution in [0.5, 0.6) is 0 Å². The largest absolute Gasteiger partial charge is 0.427 e. The Labute approximate surface area is 90.0 Å². The molecule has 15 heavy (non-hydrogen) atoms. The van der Waals surface area contributed by atoms with Crippen LogP contribution in [0.25, 0.3) is 0 Å². The molecule has 0 saturated carbocycles. The van der Waals surface area contributed by atoms with Gasteiger partial charge in [0.2, 0.25) is 0 Å². The number of pyridine rings is 1. The smallest absolute Gasteiger partial charge is 0.184 e. The van der Waals surface area contributed by atoms with Crippen molar-refractivity contribution in [2.45, 2.75) is 40.2 Å². The molecule has 0 aromatic carbocycles. The number of nitrogens with zero attached hydrogens (tertiary/aromatic N) is 1. The van der Waals surface area contributed by atoms with E-state index in [2.05, 4.69) is 5.32 Å². The zero-order chi connectivity index (χ0) is 11.8. The molecule has 1 heterocycles. The molecule has 0 aliphatic carbocycles. The maximum absolute atomic E-state index is 9.60. The quantitative estimate of drug-likeness (QED) is 0.620. The summed E-state index contributed by atoms with van der Waals surface area (Å²) in [4.78, 5) is 0. The highest BCUT2D eigenvalue weighted by atomic mass is 16.5. The van der Waals surface area contributed by atoms with Crippen molar-refractivity contribution in [3.05, 3.63) is 22.8 Å². The lowest BCUT2D eigenvalue weighted by molar-refractivity contribution is 0.164. The third kappa shape index (κ3) is 2.52. The Morgan fingerprint density at radius 2 is 1.87 bits per heavy atom. The van der Waals surface area contributed by atoms with Crippen molar-refractivity contribution in [2.75, 3.05) is 5.32 Å². The average Bonchev–Trinajstić information content (AvgIpc) is 2.07. The monoisotopic (exact) mass is 209 g/mol. The zero-order valence-corrected chi connectivity index (χ0v) is 9.97. The van der Waals surface area contributed by atoms with Crippen molar-refractivity contribution >= 4 is 5.69 Å². The molecule has 0 aliphatic rings. The third-order valence-corrected chi connectivity index (χ3v) is 2.10. The Bertz CT molecular complexity index is 427. The molecule has 0 saturated heterocycles. The second-order valence-electron chi connectivity index (χ2n) is 4.88.